The molecule has 2 aromatic heterocycles. The summed E-state index contributed by atoms with van der Waals surface area (Å²) >= 11 is 1.28. The highest BCUT2D eigenvalue weighted by atomic mass is 32.1. The second kappa shape index (κ2) is 4.83. The molecule has 3 rings (SSSR count). The second-order valence-electron chi connectivity index (χ2n) is 4.37. The molecular formula is C15H10N2O2S. The van der Waals surface area contributed by atoms with Crippen LogP contribution in [-0.2, 0) is 6.54 Å². The van der Waals surface area contributed by atoms with E-state index in [0.29, 0.717) is 17.1 Å². The first-order chi connectivity index (χ1) is 9.67. The summed E-state index contributed by atoms with van der Waals surface area (Å²) in [5, 5.41) is 10.0. The SMILES string of the molecule is [C-]#[N+]c1ccc2ccn(Cc3ccc(C(=O)O)s3)c2c1. The molecule has 0 fully saturated rings. The van der Waals surface area contributed by atoms with Gasteiger partial charge >= 0.3 is 5.97 Å². The average molecular weight is 282 g/mol. The van der Waals surface area contributed by atoms with Crippen LogP contribution in [0.5, 0.6) is 0 Å². The largest absolute Gasteiger partial charge is 0.477 e. The zero-order chi connectivity index (χ0) is 14.1. The van der Waals surface area contributed by atoms with Crippen LogP contribution >= 0.6 is 11.3 Å². The van der Waals surface area contributed by atoms with Crippen molar-refractivity contribution in [1.82, 2.24) is 4.57 Å². The van der Waals surface area contributed by atoms with Gasteiger partial charge in [-0.15, -0.1) is 11.3 Å². The lowest BCUT2D eigenvalue weighted by Gasteiger charge is -2.03. The molecule has 5 heteroatoms. The fourth-order valence-corrected chi connectivity index (χ4v) is 2.97. The second-order valence-corrected chi connectivity index (χ2v) is 5.54. The Kier molecular flexibility index (Phi) is 3.01. The maximum Gasteiger partial charge on any atom is 0.345 e. The molecular weight excluding hydrogens is 272 g/mol. The van der Waals surface area contributed by atoms with E-state index in [9.17, 15) is 4.79 Å². The topological polar surface area (TPSA) is 46.6 Å². The molecule has 0 amide bonds. The van der Waals surface area contributed by atoms with E-state index in [1.165, 1.54) is 11.3 Å². The summed E-state index contributed by atoms with van der Waals surface area (Å²) in [5.74, 6) is -0.895. The van der Waals surface area contributed by atoms with Crippen LogP contribution in [0, 0.1) is 6.57 Å². The van der Waals surface area contributed by atoms with Gasteiger partial charge in [0.25, 0.3) is 0 Å². The number of thiophene rings is 1. The highest BCUT2D eigenvalue weighted by molar-refractivity contribution is 7.13. The molecule has 20 heavy (non-hydrogen) atoms. The molecule has 0 aliphatic rings. The summed E-state index contributed by atoms with van der Waals surface area (Å²) in [6.45, 7) is 7.68. The fraction of sp³-hybridized carbons (Fsp3) is 0.0667. The summed E-state index contributed by atoms with van der Waals surface area (Å²) < 4.78 is 2.03. The van der Waals surface area contributed by atoms with Gasteiger partial charge in [0.2, 0.25) is 0 Å². The van der Waals surface area contributed by atoms with Crippen molar-refractivity contribution < 1.29 is 9.90 Å². The third-order valence-electron chi connectivity index (χ3n) is 3.09. The number of rotatable bonds is 3. The number of carboxylic acid groups (broad SMARTS) is 1. The molecule has 0 spiro atoms. The third kappa shape index (κ3) is 2.17. The standard InChI is InChI=1S/C15H10N2O2S/c1-16-11-3-2-10-6-7-17(13(10)8-11)9-12-4-5-14(20-12)15(18)19/h2-8H,9H2,(H,18,19). The molecule has 0 radical (unpaired) electrons. The van der Waals surface area contributed by atoms with Crippen LogP contribution in [0.25, 0.3) is 15.7 Å². The monoisotopic (exact) mass is 282 g/mol. The van der Waals surface area contributed by atoms with Gasteiger partial charge in [0.05, 0.1) is 13.1 Å². The number of benzene rings is 1. The third-order valence-corrected chi connectivity index (χ3v) is 4.14. The Morgan fingerprint density at radius 2 is 2.15 bits per heavy atom. The van der Waals surface area contributed by atoms with E-state index in [-0.39, 0.29) is 0 Å². The van der Waals surface area contributed by atoms with Crippen LogP contribution in [0.4, 0.5) is 5.69 Å². The molecule has 2 heterocycles. The van der Waals surface area contributed by atoms with Gasteiger partial charge in [-0.3, -0.25) is 0 Å². The van der Waals surface area contributed by atoms with Gasteiger partial charge in [-0.2, -0.15) is 0 Å². The summed E-state index contributed by atoms with van der Waals surface area (Å²) in [6, 6.07) is 11.0. The maximum absolute atomic E-state index is 10.9. The van der Waals surface area contributed by atoms with E-state index >= 15 is 0 Å². The highest BCUT2D eigenvalue weighted by Crippen LogP contribution is 2.25. The number of fused-ring (bicyclic) bond motifs is 1. The Morgan fingerprint density at radius 1 is 1.30 bits per heavy atom. The van der Waals surface area contributed by atoms with Crippen molar-refractivity contribution in [2.45, 2.75) is 6.54 Å². The minimum atomic E-state index is -0.895. The Bertz CT molecular complexity index is 839. The van der Waals surface area contributed by atoms with Crippen LogP contribution in [0.2, 0.25) is 0 Å². The number of hydrogen-bond acceptors (Lipinski definition) is 2. The summed E-state index contributed by atoms with van der Waals surface area (Å²) in [6.07, 6.45) is 1.96. The zero-order valence-electron chi connectivity index (χ0n) is 10.4. The average Bonchev–Trinajstić information content (AvgIpc) is 3.06. The predicted octanol–water partition coefficient (Wildman–Crippen LogP) is 4.00. The number of carbonyl (C=O) groups is 1. The van der Waals surface area contributed by atoms with Crippen molar-refractivity contribution in [3.63, 3.8) is 0 Å². The fourth-order valence-electron chi connectivity index (χ4n) is 2.13. The van der Waals surface area contributed by atoms with Crippen molar-refractivity contribution >= 4 is 33.9 Å². The van der Waals surface area contributed by atoms with Crippen molar-refractivity contribution in [2.24, 2.45) is 0 Å². The van der Waals surface area contributed by atoms with Gasteiger partial charge in [-0.25, -0.2) is 9.64 Å². The molecule has 1 N–H and O–H groups in total. The van der Waals surface area contributed by atoms with E-state index in [1.54, 1.807) is 12.1 Å². The summed E-state index contributed by atoms with van der Waals surface area (Å²) in [5.41, 5.74) is 1.60. The first kappa shape index (κ1) is 12.5. The quantitative estimate of drug-likeness (QED) is 0.738. The molecule has 0 aliphatic heterocycles. The molecule has 1 aromatic carbocycles. The summed E-state index contributed by atoms with van der Waals surface area (Å²) in [4.78, 5) is 15.6. The van der Waals surface area contributed by atoms with Crippen molar-refractivity contribution in [1.29, 1.82) is 0 Å². The zero-order valence-corrected chi connectivity index (χ0v) is 11.2. The molecule has 3 aromatic rings. The normalized spacial score (nSPS) is 10.6. The Labute approximate surface area is 119 Å². The van der Waals surface area contributed by atoms with E-state index in [0.717, 1.165) is 15.8 Å². The maximum atomic E-state index is 10.9. The number of aromatic carboxylic acids is 1. The smallest absolute Gasteiger partial charge is 0.345 e. The molecule has 0 aliphatic carbocycles. The molecule has 0 saturated carbocycles. The van der Waals surface area contributed by atoms with Crippen LogP contribution in [0.1, 0.15) is 14.5 Å². The molecule has 98 valence electrons. The van der Waals surface area contributed by atoms with Gasteiger partial charge in [0.1, 0.15) is 4.88 Å². The number of nitrogens with zero attached hydrogens (tertiary/aromatic N) is 2. The van der Waals surface area contributed by atoms with Crippen LogP contribution in [0.3, 0.4) is 0 Å². The highest BCUT2D eigenvalue weighted by Gasteiger charge is 2.08. The predicted molar refractivity (Wildman–Crippen MR) is 78.6 cm³/mol. The lowest BCUT2D eigenvalue weighted by Crippen LogP contribution is -1.95. The number of aromatic nitrogens is 1. The lowest BCUT2D eigenvalue weighted by molar-refractivity contribution is 0.0702. The first-order valence-electron chi connectivity index (χ1n) is 5.96. The number of hydrogen-bond donors (Lipinski definition) is 1. The van der Waals surface area contributed by atoms with Gasteiger partial charge in [-0.05, 0) is 29.7 Å². The van der Waals surface area contributed by atoms with E-state index < -0.39 is 5.97 Å². The molecule has 0 bridgehead atoms. The van der Waals surface area contributed by atoms with Crippen LogP contribution in [0.15, 0.2) is 42.6 Å². The van der Waals surface area contributed by atoms with Crippen molar-refractivity contribution in [3.8, 4) is 0 Å². The lowest BCUT2D eigenvalue weighted by atomic mass is 10.2. The molecule has 0 atom stereocenters. The van der Waals surface area contributed by atoms with E-state index in [1.807, 2.05) is 35.0 Å². The first-order valence-corrected chi connectivity index (χ1v) is 6.77. The van der Waals surface area contributed by atoms with Gasteiger partial charge in [0, 0.05) is 16.6 Å². The van der Waals surface area contributed by atoms with Gasteiger partial charge in [0.15, 0.2) is 5.69 Å². The Hall–Kier alpha value is -2.58. The Morgan fingerprint density at radius 3 is 2.85 bits per heavy atom. The van der Waals surface area contributed by atoms with Crippen molar-refractivity contribution in [2.75, 3.05) is 0 Å². The molecule has 0 unspecified atom stereocenters. The number of carboxylic acids is 1. The minimum absolute atomic E-state index is 0.346. The van der Waals surface area contributed by atoms with Crippen LogP contribution in [-0.4, -0.2) is 15.6 Å². The minimum Gasteiger partial charge on any atom is -0.477 e. The van der Waals surface area contributed by atoms with E-state index in [4.69, 9.17) is 11.7 Å². The van der Waals surface area contributed by atoms with Gasteiger partial charge in [-0.1, -0.05) is 12.1 Å². The van der Waals surface area contributed by atoms with Gasteiger partial charge < -0.3 is 9.67 Å². The Balaban J connectivity index is 1.97. The molecule has 0 saturated heterocycles. The summed E-state index contributed by atoms with van der Waals surface area (Å²) in [7, 11) is 0. The van der Waals surface area contributed by atoms with Crippen molar-refractivity contribution in [3.05, 3.63) is 63.8 Å². The van der Waals surface area contributed by atoms with Crippen LogP contribution < -0.4 is 0 Å². The van der Waals surface area contributed by atoms with E-state index in [2.05, 4.69) is 4.85 Å². The molecule has 4 nitrogen and oxygen atoms in total.